The van der Waals surface area contributed by atoms with E-state index in [1.54, 1.807) is 6.07 Å². The van der Waals surface area contributed by atoms with Gasteiger partial charge in [-0.25, -0.2) is 18.9 Å². The fourth-order valence-corrected chi connectivity index (χ4v) is 6.05. The number of carbonyl (C=O) groups is 2. The Kier molecular flexibility index (Phi) is 9.37. The van der Waals surface area contributed by atoms with Crippen LogP contribution in [0, 0.1) is 5.82 Å². The molecule has 1 aliphatic heterocycles. The molecule has 5 rings (SSSR count). The van der Waals surface area contributed by atoms with E-state index in [-0.39, 0.29) is 35.1 Å². The number of hydrogen-bond acceptors (Lipinski definition) is 6. The number of nitrogens with zero attached hydrogens (tertiary/aromatic N) is 4. The van der Waals surface area contributed by atoms with Gasteiger partial charge in [-0.15, -0.1) is 30.0 Å². The van der Waals surface area contributed by atoms with Crippen molar-refractivity contribution < 1.29 is 31.9 Å². The second-order valence-electron chi connectivity index (χ2n) is 10.9. The molecule has 1 saturated heterocycles. The second-order valence-corrected chi connectivity index (χ2v) is 11.9. The molecule has 0 saturated carbocycles. The number of ketones is 1. The maximum atomic E-state index is 13.9. The number of ether oxygens (including phenoxy) is 1. The number of rotatable bonds is 8. The summed E-state index contributed by atoms with van der Waals surface area (Å²) in [6.07, 6.45) is -2.80. The van der Waals surface area contributed by atoms with Crippen molar-refractivity contribution in [3.8, 4) is 22.8 Å². The van der Waals surface area contributed by atoms with Crippen LogP contribution < -0.4 is 10.1 Å². The van der Waals surface area contributed by atoms with E-state index in [4.69, 9.17) is 0 Å². The lowest BCUT2D eigenvalue weighted by Gasteiger charge is -2.18. The average molecular weight is 640 g/mol. The number of urea groups is 1. The molecule has 13 heteroatoms. The molecule has 1 fully saturated rings. The van der Waals surface area contributed by atoms with Gasteiger partial charge in [0.25, 0.3) is 0 Å². The molecule has 0 radical (unpaired) electrons. The van der Waals surface area contributed by atoms with Crippen LogP contribution in [0.5, 0.6) is 5.75 Å². The van der Waals surface area contributed by atoms with Gasteiger partial charge < -0.3 is 10.1 Å². The lowest BCUT2D eigenvalue weighted by Crippen LogP contribution is -2.32. The molecule has 1 aromatic heterocycles. The largest absolute Gasteiger partial charge is 0.573 e. The average Bonchev–Trinajstić information content (AvgIpc) is 3.60. The summed E-state index contributed by atoms with van der Waals surface area (Å²) in [5.41, 5.74) is 3.58. The maximum Gasteiger partial charge on any atom is 0.573 e. The molecule has 8 nitrogen and oxygen atoms in total. The number of aliphatic imine (C=N–C) groups is 1. The summed E-state index contributed by atoms with van der Waals surface area (Å²) in [6, 6.07) is 16.3. The van der Waals surface area contributed by atoms with Gasteiger partial charge in [0.2, 0.25) is 0 Å². The molecule has 1 aliphatic rings. The highest BCUT2D eigenvalue weighted by molar-refractivity contribution is 8.15. The summed E-state index contributed by atoms with van der Waals surface area (Å²) in [5, 5.41) is 7.68. The summed E-state index contributed by atoms with van der Waals surface area (Å²) in [6.45, 7) is 5.70. The molecule has 2 heterocycles. The SMILES string of the molecule is CC(Cc1ccc(-c2ncn(-c3ccc(OC(F)(F)F)cc3)n2)cc1)NC(=O)N=C1SCC(=O)C1c1ccc(F)cc1C(C)C. The minimum atomic E-state index is -4.77. The van der Waals surface area contributed by atoms with Crippen LogP contribution in [0.25, 0.3) is 17.1 Å². The Bertz CT molecular complexity index is 1720. The van der Waals surface area contributed by atoms with Crippen molar-refractivity contribution in [1.29, 1.82) is 0 Å². The van der Waals surface area contributed by atoms with Crippen LogP contribution in [-0.2, 0) is 11.2 Å². The highest BCUT2D eigenvalue weighted by Crippen LogP contribution is 2.37. The van der Waals surface area contributed by atoms with E-state index in [9.17, 15) is 27.2 Å². The van der Waals surface area contributed by atoms with Gasteiger partial charge in [-0.05, 0) is 72.4 Å². The smallest absolute Gasteiger partial charge is 0.406 e. The number of halogens is 4. The zero-order valence-electron chi connectivity index (χ0n) is 24.5. The standard InChI is InChI=1S/C32H29F4N5O3S/c1-18(2)26-15-22(33)8-13-25(26)28-27(42)16-45-30(28)39-31(43)38-19(3)14-20-4-6-21(7-5-20)29-37-17-41(40-29)23-9-11-24(12-10-23)44-32(34,35)36/h4-13,15,17-19,28H,14,16H2,1-3H3,(H,38,43). The molecular formula is C32H29F4N5O3S. The highest BCUT2D eigenvalue weighted by Gasteiger charge is 2.36. The molecule has 3 aromatic carbocycles. The van der Waals surface area contributed by atoms with E-state index in [1.807, 2.05) is 45.0 Å². The summed E-state index contributed by atoms with van der Waals surface area (Å²) in [5.74, 6) is -0.857. The Balaban J connectivity index is 1.20. The van der Waals surface area contributed by atoms with Crippen LogP contribution in [0.1, 0.15) is 49.3 Å². The fourth-order valence-electron chi connectivity index (χ4n) is 5.02. The first-order valence-electron chi connectivity index (χ1n) is 14.1. The Morgan fingerprint density at radius 2 is 1.80 bits per heavy atom. The molecule has 1 N–H and O–H groups in total. The van der Waals surface area contributed by atoms with Crippen LogP contribution in [0.2, 0.25) is 0 Å². The number of thioether (sulfide) groups is 1. The number of nitrogens with one attached hydrogen (secondary N) is 1. The zero-order valence-corrected chi connectivity index (χ0v) is 25.3. The van der Waals surface area contributed by atoms with Crippen molar-refractivity contribution in [3.05, 3.63) is 95.6 Å². The topological polar surface area (TPSA) is 98.5 Å². The number of aromatic nitrogens is 3. The first kappa shape index (κ1) is 31.9. The fraction of sp³-hybridized carbons (Fsp3) is 0.281. The Hall–Kier alpha value is -4.52. The number of benzene rings is 3. The molecular weight excluding hydrogens is 610 g/mol. The Labute approximate surface area is 260 Å². The maximum absolute atomic E-state index is 13.9. The van der Waals surface area contributed by atoms with E-state index < -0.39 is 18.3 Å². The molecule has 0 spiro atoms. The molecule has 234 valence electrons. The Morgan fingerprint density at radius 3 is 2.47 bits per heavy atom. The quantitative estimate of drug-likeness (QED) is 0.204. The van der Waals surface area contributed by atoms with Gasteiger partial charge in [0, 0.05) is 11.6 Å². The highest BCUT2D eigenvalue weighted by atomic mass is 32.2. The van der Waals surface area contributed by atoms with Gasteiger partial charge in [0.05, 0.1) is 22.4 Å². The first-order chi connectivity index (χ1) is 21.4. The predicted octanol–water partition coefficient (Wildman–Crippen LogP) is 7.23. The third-order valence-electron chi connectivity index (χ3n) is 7.08. The van der Waals surface area contributed by atoms with E-state index in [0.717, 1.165) is 16.7 Å². The van der Waals surface area contributed by atoms with Gasteiger partial charge in [-0.1, -0.05) is 44.2 Å². The second kappa shape index (κ2) is 13.2. The molecule has 0 bridgehead atoms. The van der Waals surface area contributed by atoms with Crippen molar-refractivity contribution in [2.75, 3.05) is 5.75 Å². The first-order valence-corrected chi connectivity index (χ1v) is 15.1. The number of amides is 2. The molecule has 2 amide bonds. The lowest BCUT2D eigenvalue weighted by atomic mass is 9.87. The third-order valence-corrected chi connectivity index (χ3v) is 8.13. The van der Waals surface area contributed by atoms with Crippen LogP contribution >= 0.6 is 11.8 Å². The van der Waals surface area contributed by atoms with Crippen LogP contribution in [0.3, 0.4) is 0 Å². The van der Waals surface area contributed by atoms with Crippen LogP contribution in [-0.4, -0.2) is 49.8 Å². The minimum Gasteiger partial charge on any atom is -0.406 e. The van der Waals surface area contributed by atoms with E-state index in [2.05, 4.69) is 25.1 Å². The third kappa shape index (κ3) is 7.96. The van der Waals surface area contributed by atoms with Crippen molar-refractivity contribution in [2.24, 2.45) is 4.99 Å². The van der Waals surface area contributed by atoms with Gasteiger partial charge >= 0.3 is 12.4 Å². The number of alkyl halides is 3. The molecule has 2 unspecified atom stereocenters. The molecule has 0 aliphatic carbocycles. The van der Waals surface area contributed by atoms with E-state index in [0.29, 0.717) is 28.5 Å². The van der Waals surface area contributed by atoms with E-state index >= 15 is 0 Å². The van der Waals surface area contributed by atoms with E-state index in [1.165, 1.54) is 59.2 Å². The zero-order chi connectivity index (χ0) is 32.3. The van der Waals surface area contributed by atoms with Crippen LogP contribution in [0.4, 0.5) is 22.4 Å². The Morgan fingerprint density at radius 1 is 1.09 bits per heavy atom. The van der Waals surface area contributed by atoms with Crippen molar-refractivity contribution >= 4 is 28.6 Å². The monoisotopic (exact) mass is 639 g/mol. The van der Waals surface area contributed by atoms with Gasteiger partial charge in [-0.3, -0.25) is 4.79 Å². The van der Waals surface area contributed by atoms with Crippen LogP contribution in [0.15, 0.2) is 78.0 Å². The molecule has 45 heavy (non-hydrogen) atoms. The number of carbonyl (C=O) groups excluding carboxylic acids is 2. The van der Waals surface area contributed by atoms with Crippen molar-refractivity contribution in [1.82, 2.24) is 20.1 Å². The normalized spacial score (nSPS) is 16.8. The number of Topliss-reactive ketones (excluding diaryl/α,β-unsaturated/α-hetero) is 1. The molecule has 2 atom stereocenters. The van der Waals surface area contributed by atoms with Crippen molar-refractivity contribution in [3.63, 3.8) is 0 Å². The summed E-state index contributed by atoms with van der Waals surface area (Å²) in [4.78, 5) is 34.1. The summed E-state index contributed by atoms with van der Waals surface area (Å²) < 4.78 is 56.5. The van der Waals surface area contributed by atoms with Gasteiger partial charge in [0.15, 0.2) is 11.6 Å². The summed E-state index contributed by atoms with van der Waals surface area (Å²) >= 11 is 1.23. The lowest BCUT2D eigenvalue weighted by molar-refractivity contribution is -0.274. The van der Waals surface area contributed by atoms with Gasteiger partial charge in [0.1, 0.15) is 17.9 Å². The predicted molar refractivity (Wildman–Crippen MR) is 163 cm³/mol. The molecule has 4 aromatic rings. The number of hydrogen-bond donors (Lipinski definition) is 1. The summed E-state index contributed by atoms with van der Waals surface area (Å²) in [7, 11) is 0. The van der Waals surface area contributed by atoms with Crippen molar-refractivity contribution in [2.45, 2.75) is 51.4 Å². The minimum absolute atomic E-state index is 0.00965. The van der Waals surface area contributed by atoms with Gasteiger partial charge in [-0.2, -0.15) is 4.99 Å².